The first kappa shape index (κ1) is 21.0. The number of benzene rings is 2. The maximum Gasteiger partial charge on any atom is 0.263 e. The quantitative estimate of drug-likeness (QED) is 0.629. The van der Waals surface area contributed by atoms with E-state index in [0.29, 0.717) is 16.1 Å². The summed E-state index contributed by atoms with van der Waals surface area (Å²) in [5.74, 6) is 0. The van der Waals surface area contributed by atoms with E-state index in [2.05, 4.69) is 19.0 Å². The Morgan fingerprint density at radius 1 is 1.03 bits per heavy atom. The van der Waals surface area contributed by atoms with Crippen LogP contribution in [0.5, 0.6) is 0 Å². The Kier molecular flexibility index (Phi) is 6.76. The van der Waals surface area contributed by atoms with Crippen LogP contribution in [0.1, 0.15) is 44.3 Å². The van der Waals surface area contributed by atoms with Crippen molar-refractivity contribution in [1.82, 2.24) is 14.3 Å². The van der Waals surface area contributed by atoms with Gasteiger partial charge in [0.1, 0.15) is 6.33 Å². The molecular formula is C22H28N4O2S2. The standard InChI is InChI=1S/C16H20N4O2S2.C6H6.H2/c21-24(22,19-16-17-11-18-23-16)13-5-6-14-12(10-13)4-7-15(14)20-8-2-1-3-9-20;1-2-4-6-5-3-1;/h5-6,10-11,15H,1-4,7-9H2,(H,17,18,19);1-6H;1H/t15-;;/m0../s1. The van der Waals surface area contributed by atoms with Gasteiger partial charge in [0.25, 0.3) is 10.0 Å². The number of aryl methyl sites for hydroxylation is 1. The van der Waals surface area contributed by atoms with Crippen LogP contribution in [0.15, 0.2) is 65.8 Å². The van der Waals surface area contributed by atoms with E-state index in [1.165, 1.54) is 31.2 Å². The van der Waals surface area contributed by atoms with E-state index in [9.17, 15) is 8.42 Å². The Labute approximate surface area is 183 Å². The van der Waals surface area contributed by atoms with Gasteiger partial charge in [0, 0.05) is 19.0 Å². The van der Waals surface area contributed by atoms with Gasteiger partial charge in [-0.3, -0.25) is 9.62 Å². The molecule has 2 aromatic carbocycles. The first-order chi connectivity index (χ1) is 14.6. The van der Waals surface area contributed by atoms with Gasteiger partial charge in [-0.05, 0) is 62.0 Å². The molecule has 1 aromatic heterocycles. The van der Waals surface area contributed by atoms with Crippen LogP contribution < -0.4 is 4.72 Å². The molecular weight excluding hydrogens is 416 g/mol. The zero-order chi connectivity index (χ0) is 20.8. The summed E-state index contributed by atoms with van der Waals surface area (Å²) in [5.41, 5.74) is 2.46. The summed E-state index contributed by atoms with van der Waals surface area (Å²) in [6.45, 7) is 2.31. The number of sulfonamides is 1. The second-order valence-corrected chi connectivity index (χ2v) is 9.98. The van der Waals surface area contributed by atoms with Gasteiger partial charge in [0.05, 0.1) is 4.90 Å². The lowest BCUT2D eigenvalue weighted by Crippen LogP contribution is -2.32. The Bertz CT molecular complexity index is 1010. The molecule has 1 aliphatic carbocycles. The van der Waals surface area contributed by atoms with Crippen LogP contribution in [0.4, 0.5) is 5.13 Å². The Morgan fingerprint density at radius 2 is 1.73 bits per heavy atom. The molecule has 0 unspecified atom stereocenters. The number of hydrogen-bond acceptors (Lipinski definition) is 6. The molecule has 1 fully saturated rings. The van der Waals surface area contributed by atoms with Gasteiger partial charge in [-0.15, -0.1) is 0 Å². The van der Waals surface area contributed by atoms with Crippen LogP contribution in [-0.2, 0) is 16.4 Å². The molecule has 0 saturated carbocycles. The molecule has 3 aromatic rings. The summed E-state index contributed by atoms with van der Waals surface area (Å²) in [4.78, 5) is 6.74. The zero-order valence-electron chi connectivity index (χ0n) is 16.8. The molecule has 0 spiro atoms. The molecule has 2 aliphatic rings. The van der Waals surface area contributed by atoms with E-state index < -0.39 is 10.0 Å². The number of nitrogens with zero attached hydrogens (tertiary/aromatic N) is 3. The fraction of sp³-hybridized carbons (Fsp3) is 0.364. The summed E-state index contributed by atoms with van der Waals surface area (Å²) in [6.07, 6.45) is 7.23. The van der Waals surface area contributed by atoms with Crippen LogP contribution in [0.25, 0.3) is 0 Å². The fourth-order valence-corrected chi connectivity index (χ4v) is 5.84. The number of piperidine rings is 1. The van der Waals surface area contributed by atoms with Gasteiger partial charge < -0.3 is 0 Å². The normalized spacial score (nSPS) is 18.9. The highest BCUT2D eigenvalue weighted by Crippen LogP contribution is 2.38. The van der Waals surface area contributed by atoms with Crippen molar-refractivity contribution in [1.29, 1.82) is 0 Å². The van der Waals surface area contributed by atoms with E-state index >= 15 is 0 Å². The van der Waals surface area contributed by atoms with Gasteiger partial charge in [0.15, 0.2) is 0 Å². The molecule has 30 heavy (non-hydrogen) atoms. The molecule has 2 heterocycles. The molecule has 6 nitrogen and oxygen atoms in total. The summed E-state index contributed by atoms with van der Waals surface area (Å²) < 4.78 is 31.3. The lowest BCUT2D eigenvalue weighted by atomic mass is 10.0. The predicted molar refractivity (Wildman–Crippen MR) is 122 cm³/mol. The number of likely N-dealkylation sites (tertiary alicyclic amines) is 1. The minimum Gasteiger partial charge on any atom is -0.296 e. The number of fused-ring (bicyclic) bond motifs is 1. The van der Waals surface area contributed by atoms with Crippen molar-refractivity contribution in [3.05, 3.63) is 72.1 Å². The van der Waals surface area contributed by atoms with E-state index in [1.807, 2.05) is 48.5 Å². The number of aromatic nitrogens is 2. The molecule has 1 atom stereocenters. The van der Waals surface area contributed by atoms with E-state index in [-0.39, 0.29) is 1.43 Å². The highest BCUT2D eigenvalue weighted by Gasteiger charge is 2.30. The second-order valence-electron chi connectivity index (χ2n) is 7.52. The Morgan fingerprint density at radius 3 is 2.37 bits per heavy atom. The highest BCUT2D eigenvalue weighted by atomic mass is 32.2. The minimum atomic E-state index is -3.60. The lowest BCUT2D eigenvalue weighted by Gasteiger charge is -2.32. The number of anilines is 1. The summed E-state index contributed by atoms with van der Waals surface area (Å²) in [7, 11) is -3.60. The smallest absolute Gasteiger partial charge is 0.263 e. The van der Waals surface area contributed by atoms with Crippen molar-refractivity contribution in [2.75, 3.05) is 17.8 Å². The van der Waals surface area contributed by atoms with E-state index in [4.69, 9.17) is 0 Å². The van der Waals surface area contributed by atoms with Crippen molar-refractivity contribution in [3.63, 3.8) is 0 Å². The SMILES string of the molecule is O=S(=O)(Nc1ncns1)c1ccc2c(c1)CC[C@@H]2N1CCCCC1.[HH].c1ccccc1. The van der Waals surface area contributed by atoms with Crippen molar-refractivity contribution in [2.24, 2.45) is 0 Å². The highest BCUT2D eigenvalue weighted by molar-refractivity contribution is 7.93. The largest absolute Gasteiger partial charge is 0.296 e. The average Bonchev–Trinajstić information content (AvgIpc) is 3.45. The summed E-state index contributed by atoms with van der Waals surface area (Å²) in [6, 6.07) is 18.0. The third-order valence-electron chi connectivity index (χ3n) is 5.55. The van der Waals surface area contributed by atoms with Crippen molar-refractivity contribution in [2.45, 2.75) is 43.0 Å². The van der Waals surface area contributed by atoms with Crippen LogP contribution in [0.3, 0.4) is 0 Å². The molecule has 1 aliphatic heterocycles. The molecule has 8 heteroatoms. The first-order valence-corrected chi connectivity index (χ1v) is 12.6. The number of nitrogens with one attached hydrogen (secondary N) is 1. The molecule has 5 rings (SSSR count). The topological polar surface area (TPSA) is 75.2 Å². The average molecular weight is 445 g/mol. The third-order valence-corrected chi connectivity index (χ3v) is 7.60. The molecule has 0 bridgehead atoms. The maximum absolute atomic E-state index is 12.5. The van der Waals surface area contributed by atoms with Gasteiger partial charge in [0.2, 0.25) is 5.13 Å². The number of rotatable bonds is 4. The summed E-state index contributed by atoms with van der Waals surface area (Å²) >= 11 is 1.03. The Balaban J connectivity index is 0.000000338. The molecule has 160 valence electrons. The second kappa shape index (κ2) is 9.68. The van der Waals surface area contributed by atoms with Gasteiger partial charge in [-0.1, -0.05) is 48.9 Å². The zero-order valence-corrected chi connectivity index (χ0v) is 18.4. The molecule has 1 N–H and O–H groups in total. The minimum absolute atomic E-state index is 0. The van der Waals surface area contributed by atoms with Crippen LogP contribution in [-0.4, -0.2) is 35.8 Å². The van der Waals surface area contributed by atoms with Crippen LogP contribution >= 0.6 is 11.5 Å². The predicted octanol–water partition coefficient (Wildman–Crippen LogP) is 4.74. The van der Waals surface area contributed by atoms with Gasteiger partial charge in [-0.25, -0.2) is 13.4 Å². The van der Waals surface area contributed by atoms with Gasteiger partial charge in [-0.2, -0.15) is 4.37 Å². The van der Waals surface area contributed by atoms with Crippen molar-refractivity contribution < 1.29 is 9.84 Å². The number of hydrogen-bond donors (Lipinski definition) is 1. The first-order valence-electron chi connectivity index (χ1n) is 10.3. The van der Waals surface area contributed by atoms with Crippen LogP contribution in [0, 0.1) is 0 Å². The lowest BCUT2D eigenvalue weighted by molar-refractivity contribution is 0.163. The van der Waals surface area contributed by atoms with Crippen LogP contribution in [0.2, 0.25) is 0 Å². The molecule has 0 radical (unpaired) electrons. The molecule has 0 amide bonds. The monoisotopic (exact) mass is 444 g/mol. The summed E-state index contributed by atoms with van der Waals surface area (Å²) in [5, 5.41) is 0.293. The van der Waals surface area contributed by atoms with E-state index in [0.717, 1.165) is 43.0 Å². The van der Waals surface area contributed by atoms with Crippen molar-refractivity contribution >= 4 is 26.7 Å². The molecule has 1 saturated heterocycles. The third kappa shape index (κ3) is 5.06. The maximum atomic E-state index is 12.5. The van der Waals surface area contributed by atoms with E-state index in [1.54, 1.807) is 6.07 Å². The Hall–Kier alpha value is -2.29. The van der Waals surface area contributed by atoms with Crippen molar-refractivity contribution in [3.8, 4) is 0 Å². The fourth-order valence-electron chi connectivity index (χ4n) is 4.12. The van der Waals surface area contributed by atoms with Gasteiger partial charge >= 0.3 is 0 Å².